The molecular formula is C22H28N4O2. The van der Waals surface area contributed by atoms with Crippen molar-refractivity contribution in [2.75, 3.05) is 39.8 Å². The van der Waals surface area contributed by atoms with Crippen molar-refractivity contribution >= 4 is 11.9 Å². The summed E-state index contributed by atoms with van der Waals surface area (Å²) in [5, 5.41) is 3.61. The van der Waals surface area contributed by atoms with Crippen molar-refractivity contribution in [1.82, 2.24) is 15.1 Å². The number of carbonyl (C=O) groups excluding carboxylic acids is 1. The Balaban J connectivity index is 1.33. The fourth-order valence-corrected chi connectivity index (χ4v) is 4.22. The number of nitrogens with one attached hydrogen (secondary N) is 1. The van der Waals surface area contributed by atoms with Crippen LogP contribution >= 0.6 is 0 Å². The molecule has 2 aromatic rings. The molecule has 6 nitrogen and oxygen atoms in total. The first kappa shape index (κ1) is 18.6. The van der Waals surface area contributed by atoms with Gasteiger partial charge in [-0.25, -0.2) is 0 Å². The van der Waals surface area contributed by atoms with Crippen molar-refractivity contribution in [3.05, 3.63) is 60.1 Å². The second kappa shape index (κ2) is 8.09. The first-order valence-electron chi connectivity index (χ1n) is 10.1. The number of nitrogens with zero attached hydrogens (tertiary/aromatic N) is 3. The van der Waals surface area contributed by atoms with E-state index in [0.29, 0.717) is 18.8 Å². The predicted molar refractivity (Wildman–Crippen MR) is 110 cm³/mol. The molecule has 1 saturated heterocycles. The van der Waals surface area contributed by atoms with Gasteiger partial charge in [0.1, 0.15) is 0 Å². The van der Waals surface area contributed by atoms with Crippen molar-refractivity contribution in [3.63, 3.8) is 0 Å². The zero-order valence-electron chi connectivity index (χ0n) is 16.4. The topological polar surface area (TPSA) is 61.1 Å². The molecule has 0 radical (unpaired) electrons. The van der Waals surface area contributed by atoms with Crippen molar-refractivity contribution < 1.29 is 9.21 Å². The first-order valence-corrected chi connectivity index (χ1v) is 10.1. The highest BCUT2D eigenvalue weighted by Crippen LogP contribution is 2.43. The Morgan fingerprint density at radius 2 is 1.79 bits per heavy atom. The Morgan fingerprint density at radius 3 is 2.36 bits per heavy atom. The van der Waals surface area contributed by atoms with Gasteiger partial charge < -0.3 is 19.5 Å². The number of rotatable bonds is 4. The van der Waals surface area contributed by atoms with Gasteiger partial charge in [0.25, 0.3) is 5.91 Å². The molecular weight excluding hydrogens is 352 g/mol. The van der Waals surface area contributed by atoms with E-state index in [0.717, 1.165) is 25.6 Å². The third-order valence-electron chi connectivity index (χ3n) is 6.09. The van der Waals surface area contributed by atoms with Gasteiger partial charge in [0.2, 0.25) is 0 Å². The van der Waals surface area contributed by atoms with Gasteiger partial charge in [0, 0.05) is 45.2 Å². The van der Waals surface area contributed by atoms with Gasteiger partial charge in [-0.1, -0.05) is 36.8 Å². The largest absolute Gasteiger partial charge is 0.459 e. The van der Waals surface area contributed by atoms with Gasteiger partial charge in [-0.3, -0.25) is 9.79 Å². The normalized spacial score (nSPS) is 19.2. The van der Waals surface area contributed by atoms with Crippen LogP contribution in [0.1, 0.15) is 35.4 Å². The van der Waals surface area contributed by atoms with Crippen molar-refractivity contribution in [2.45, 2.75) is 24.7 Å². The summed E-state index contributed by atoms with van der Waals surface area (Å²) in [6.45, 7) is 3.78. The predicted octanol–water partition coefficient (Wildman–Crippen LogP) is 2.73. The maximum Gasteiger partial charge on any atom is 0.289 e. The van der Waals surface area contributed by atoms with E-state index in [1.54, 1.807) is 12.1 Å². The van der Waals surface area contributed by atoms with Gasteiger partial charge in [0.05, 0.1) is 6.26 Å². The quantitative estimate of drug-likeness (QED) is 0.654. The van der Waals surface area contributed by atoms with Crippen LogP contribution in [0.25, 0.3) is 0 Å². The lowest BCUT2D eigenvalue weighted by Crippen LogP contribution is -2.56. The number of amides is 1. The summed E-state index contributed by atoms with van der Waals surface area (Å²) in [7, 11) is 1.83. The van der Waals surface area contributed by atoms with Gasteiger partial charge in [-0.05, 0) is 30.5 Å². The minimum Gasteiger partial charge on any atom is -0.459 e. The smallest absolute Gasteiger partial charge is 0.289 e. The Hall–Kier alpha value is -2.76. The molecule has 1 aliphatic carbocycles. The van der Waals surface area contributed by atoms with Gasteiger partial charge in [-0.15, -0.1) is 0 Å². The first-order chi connectivity index (χ1) is 13.7. The molecule has 0 bridgehead atoms. The molecule has 1 aromatic carbocycles. The average molecular weight is 380 g/mol. The van der Waals surface area contributed by atoms with E-state index in [1.807, 2.05) is 11.9 Å². The number of hydrogen-bond donors (Lipinski definition) is 1. The minimum atomic E-state index is -0.0369. The van der Waals surface area contributed by atoms with E-state index in [-0.39, 0.29) is 11.3 Å². The summed E-state index contributed by atoms with van der Waals surface area (Å²) < 4.78 is 5.24. The summed E-state index contributed by atoms with van der Waals surface area (Å²) in [6, 6.07) is 14.3. The van der Waals surface area contributed by atoms with E-state index in [2.05, 4.69) is 45.5 Å². The van der Waals surface area contributed by atoms with Crippen LogP contribution in [0.5, 0.6) is 0 Å². The van der Waals surface area contributed by atoms with Crippen LogP contribution in [0, 0.1) is 0 Å². The maximum absolute atomic E-state index is 12.4. The highest BCUT2D eigenvalue weighted by molar-refractivity contribution is 5.91. The summed E-state index contributed by atoms with van der Waals surface area (Å²) in [4.78, 5) is 21.0. The minimum absolute atomic E-state index is 0.0369. The lowest BCUT2D eigenvalue weighted by atomic mass is 9.64. The SMILES string of the molecule is CN=C(NCC1(c2ccccc2)CCC1)N1CCN(C(=O)c2ccco2)CC1. The van der Waals surface area contributed by atoms with Crippen LogP contribution in [0.4, 0.5) is 0 Å². The molecule has 1 N–H and O–H groups in total. The maximum atomic E-state index is 12.4. The molecule has 1 amide bonds. The van der Waals surface area contributed by atoms with Crippen molar-refractivity contribution in [3.8, 4) is 0 Å². The highest BCUT2D eigenvalue weighted by Gasteiger charge is 2.39. The summed E-state index contributed by atoms with van der Waals surface area (Å²) in [5.41, 5.74) is 1.63. The standard InChI is InChI=1S/C22H28N4O2/c1-23-21(24-17-22(10-6-11-22)18-7-3-2-4-8-18)26-14-12-25(13-15-26)20(27)19-9-5-16-28-19/h2-5,7-9,16H,6,10-15,17H2,1H3,(H,23,24). The van der Waals surface area contributed by atoms with Gasteiger partial charge >= 0.3 is 0 Å². The molecule has 6 heteroatoms. The third kappa shape index (κ3) is 3.63. The molecule has 1 aliphatic heterocycles. The second-order valence-corrected chi connectivity index (χ2v) is 7.66. The van der Waals surface area contributed by atoms with Crippen LogP contribution in [-0.4, -0.2) is 61.4 Å². The monoisotopic (exact) mass is 380 g/mol. The molecule has 2 heterocycles. The fraction of sp³-hybridized carbons (Fsp3) is 0.455. The zero-order valence-corrected chi connectivity index (χ0v) is 16.4. The lowest BCUT2D eigenvalue weighted by molar-refractivity contribution is 0.0657. The van der Waals surface area contributed by atoms with Gasteiger partial charge in [0.15, 0.2) is 11.7 Å². The van der Waals surface area contributed by atoms with Crippen molar-refractivity contribution in [1.29, 1.82) is 0 Å². The number of benzene rings is 1. The molecule has 2 fully saturated rings. The fourth-order valence-electron chi connectivity index (χ4n) is 4.22. The van der Waals surface area contributed by atoms with Crippen LogP contribution in [0.2, 0.25) is 0 Å². The molecule has 4 rings (SSSR count). The number of furan rings is 1. The molecule has 2 aliphatic rings. The number of piperazine rings is 1. The van der Waals surface area contributed by atoms with Gasteiger partial charge in [-0.2, -0.15) is 0 Å². The highest BCUT2D eigenvalue weighted by atomic mass is 16.3. The van der Waals surface area contributed by atoms with Crippen molar-refractivity contribution in [2.24, 2.45) is 4.99 Å². The van der Waals surface area contributed by atoms with E-state index in [9.17, 15) is 4.79 Å². The Labute approximate surface area is 166 Å². The summed E-state index contributed by atoms with van der Waals surface area (Å²) in [6.07, 6.45) is 5.25. The average Bonchev–Trinajstić information content (AvgIpc) is 3.25. The van der Waals surface area contributed by atoms with Crippen LogP contribution in [0.3, 0.4) is 0 Å². The Morgan fingerprint density at radius 1 is 1.07 bits per heavy atom. The molecule has 148 valence electrons. The molecule has 0 unspecified atom stereocenters. The van der Waals surface area contributed by atoms with Crippen LogP contribution < -0.4 is 5.32 Å². The number of aliphatic imine (C=N–C) groups is 1. The number of carbonyl (C=O) groups is 1. The van der Waals surface area contributed by atoms with E-state index in [1.165, 1.54) is 31.1 Å². The molecule has 28 heavy (non-hydrogen) atoms. The zero-order chi connectivity index (χ0) is 19.4. The summed E-state index contributed by atoms with van der Waals surface area (Å²) in [5.74, 6) is 1.29. The van der Waals surface area contributed by atoms with E-state index in [4.69, 9.17) is 4.42 Å². The Bertz CT molecular complexity index is 804. The van der Waals surface area contributed by atoms with E-state index < -0.39 is 0 Å². The molecule has 1 saturated carbocycles. The summed E-state index contributed by atoms with van der Waals surface area (Å²) >= 11 is 0. The van der Waals surface area contributed by atoms with Crippen LogP contribution in [0.15, 0.2) is 58.1 Å². The Kier molecular flexibility index (Phi) is 5.37. The molecule has 1 aromatic heterocycles. The lowest BCUT2D eigenvalue weighted by Gasteiger charge is -2.44. The molecule has 0 atom stereocenters. The number of hydrogen-bond acceptors (Lipinski definition) is 3. The third-order valence-corrected chi connectivity index (χ3v) is 6.09. The van der Waals surface area contributed by atoms with Crippen LogP contribution in [-0.2, 0) is 5.41 Å². The molecule has 0 spiro atoms. The second-order valence-electron chi connectivity index (χ2n) is 7.66. The number of guanidine groups is 1. The van der Waals surface area contributed by atoms with E-state index >= 15 is 0 Å².